The summed E-state index contributed by atoms with van der Waals surface area (Å²) in [5, 5.41) is 0. The van der Waals surface area contributed by atoms with E-state index in [1.807, 2.05) is 18.6 Å². The predicted octanol–water partition coefficient (Wildman–Crippen LogP) is 5.34. The normalized spacial score (nSPS) is 14.8. The van der Waals surface area contributed by atoms with Gasteiger partial charge in [0.05, 0.1) is 11.4 Å². The topological polar surface area (TPSA) is 38.7 Å². The van der Waals surface area contributed by atoms with Crippen LogP contribution in [-0.2, 0) is 10.8 Å². The maximum Gasteiger partial charge on any atom is 0.0640 e. The van der Waals surface area contributed by atoms with Crippen LogP contribution in [0.2, 0.25) is 0 Å². The molecule has 0 spiro atoms. The molecular weight excluding hydrogens is 294 g/mol. The Morgan fingerprint density at radius 1 is 0.750 bits per heavy atom. The summed E-state index contributed by atoms with van der Waals surface area (Å²) < 4.78 is 0. The maximum absolute atomic E-state index is 4.45. The van der Waals surface area contributed by atoms with Gasteiger partial charge in [0, 0.05) is 41.0 Å². The zero-order valence-corrected chi connectivity index (χ0v) is 16.2. The summed E-state index contributed by atoms with van der Waals surface area (Å²) in [7, 11) is 0. The first kappa shape index (κ1) is 18.6. The van der Waals surface area contributed by atoms with E-state index in [0.717, 1.165) is 11.4 Å². The highest BCUT2D eigenvalue weighted by Gasteiger charge is 2.25. The monoisotopic (exact) mass is 325 g/mol. The lowest BCUT2D eigenvalue weighted by molar-refractivity contribution is 0.564. The number of nitrogens with zero attached hydrogens (tertiary/aromatic N) is 3. The highest BCUT2D eigenvalue weighted by molar-refractivity contribution is 5.18. The maximum atomic E-state index is 4.45. The summed E-state index contributed by atoms with van der Waals surface area (Å²) in [5.41, 5.74) is 4.92. The van der Waals surface area contributed by atoms with Gasteiger partial charge in [-0.15, -0.1) is 0 Å². The SMILES string of the molecule is CC(C)(C)c1cnc(C2CC2)cn1.Cc1ccc(C(C)(C)C)nc1. The van der Waals surface area contributed by atoms with Gasteiger partial charge in [0.1, 0.15) is 0 Å². The molecule has 3 rings (SSSR count). The second kappa shape index (κ2) is 7.00. The van der Waals surface area contributed by atoms with Gasteiger partial charge in [-0.2, -0.15) is 0 Å². The fraction of sp³-hybridized carbons (Fsp3) is 0.571. The minimum Gasteiger partial charge on any atom is -0.260 e. The summed E-state index contributed by atoms with van der Waals surface area (Å²) in [4.78, 5) is 13.2. The molecule has 0 aliphatic heterocycles. The van der Waals surface area contributed by atoms with Gasteiger partial charge in [-0.05, 0) is 31.4 Å². The quantitative estimate of drug-likeness (QED) is 0.710. The standard InChI is InChI=1S/C11H16N2.C10H15N/c1-11(2,3)10-7-12-9(6-13-10)8-4-5-8;1-8-5-6-9(11-7-8)10(2,3)4/h6-8H,4-5H2,1-3H3;5-7H,1-4H3. The van der Waals surface area contributed by atoms with E-state index in [9.17, 15) is 0 Å². The fourth-order valence-corrected chi connectivity index (χ4v) is 2.23. The van der Waals surface area contributed by atoms with Crippen molar-refractivity contribution in [2.45, 2.75) is 78.1 Å². The molecule has 0 saturated heterocycles. The zero-order valence-electron chi connectivity index (χ0n) is 16.2. The van der Waals surface area contributed by atoms with E-state index in [-0.39, 0.29) is 10.8 Å². The van der Waals surface area contributed by atoms with Crippen LogP contribution in [0.15, 0.2) is 30.7 Å². The van der Waals surface area contributed by atoms with Crippen molar-refractivity contribution >= 4 is 0 Å². The van der Waals surface area contributed by atoms with Gasteiger partial charge in [0.2, 0.25) is 0 Å². The smallest absolute Gasteiger partial charge is 0.0640 e. The van der Waals surface area contributed by atoms with Crippen LogP contribution in [0.5, 0.6) is 0 Å². The molecule has 0 amide bonds. The number of aryl methyl sites for hydroxylation is 1. The van der Waals surface area contributed by atoms with Crippen molar-refractivity contribution in [3.05, 3.63) is 53.4 Å². The Balaban J connectivity index is 0.000000177. The van der Waals surface area contributed by atoms with Gasteiger partial charge in [-0.25, -0.2) is 0 Å². The molecule has 0 unspecified atom stereocenters. The van der Waals surface area contributed by atoms with E-state index in [1.165, 1.54) is 24.1 Å². The minimum atomic E-state index is 0.120. The van der Waals surface area contributed by atoms with Crippen LogP contribution in [0.3, 0.4) is 0 Å². The minimum absolute atomic E-state index is 0.120. The molecule has 0 atom stereocenters. The van der Waals surface area contributed by atoms with Gasteiger partial charge in [-0.1, -0.05) is 47.6 Å². The number of hydrogen-bond acceptors (Lipinski definition) is 3. The average molecular weight is 326 g/mol. The Labute approximate surface area is 147 Å². The second-order valence-corrected chi connectivity index (χ2v) is 8.82. The largest absolute Gasteiger partial charge is 0.260 e. The Morgan fingerprint density at radius 2 is 1.33 bits per heavy atom. The van der Waals surface area contributed by atoms with Crippen molar-refractivity contribution in [3.8, 4) is 0 Å². The lowest BCUT2D eigenvalue weighted by Gasteiger charge is -2.17. The molecule has 0 radical (unpaired) electrons. The molecule has 3 heteroatoms. The Bertz CT molecular complexity index is 639. The molecule has 1 fully saturated rings. The molecule has 2 aromatic rings. The summed E-state index contributed by atoms with van der Waals surface area (Å²) >= 11 is 0. The third kappa shape index (κ3) is 5.40. The molecule has 3 nitrogen and oxygen atoms in total. The lowest BCUT2D eigenvalue weighted by Crippen LogP contribution is -2.14. The summed E-state index contributed by atoms with van der Waals surface area (Å²) in [5.74, 6) is 0.710. The van der Waals surface area contributed by atoms with Crippen LogP contribution in [0.1, 0.15) is 82.9 Å². The van der Waals surface area contributed by atoms with E-state index < -0.39 is 0 Å². The Kier molecular flexibility index (Phi) is 5.42. The summed E-state index contributed by atoms with van der Waals surface area (Å²) in [6, 6.07) is 4.20. The van der Waals surface area contributed by atoms with Crippen molar-refractivity contribution in [1.82, 2.24) is 15.0 Å². The lowest BCUT2D eigenvalue weighted by atomic mass is 9.91. The number of pyridine rings is 1. The van der Waals surface area contributed by atoms with Gasteiger partial charge >= 0.3 is 0 Å². The van der Waals surface area contributed by atoms with Gasteiger partial charge < -0.3 is 0 Å². The third-order valence-electron chi connectivity index (χ3n) is 4.12. The molecular formula is C21H31N3. The van der Waals surface area contributed by atoms with Crippen LogP contribution in [0, 0.1) is 6.92 Å². The first-order valence-electron chi connectivity index (χ1n) is 8.83. The van der Waals surface area contributed by atoms with Gasteiger partial charge in [-0.3, -0.25) is 15.0 Å². The molecule has 0 N–H and O–H groups in total. The van der Waals surface area contributed by atoms with Gasteiger partial charge in [0.15, 0.2) is 0 Å². The molecule has 0 aromatic carbocycles. The number of aromatic nitrogens is 3. The van der Waals surface area contributed by atoms with Gasteiger partial charge in [0.25, 0.3) is 0 Å². The molecule has 2 heterocycles. The third-order valence-corrected chi connectivity index (χ3v) is 4.12. The van der Waals surface area contributed by atoms with Crippen molar-refractivity contribution < 1.29 is 0 Å². The van der Waals surface area contributed by atoms with Crippen LogP contribution < -0.4 is 0 Å². The molecule has 1 aliphatic carbocycles. The van der Waals surface area contributed by atoms with Crippen LogP contribution >= 0.6 is 0 Å². The van der Waals surface area contributed by atoms with Crippen LogP contribution in [-0.4, -0.2) is 15.0 Å². The Hall–Kier alpha value is -1.77. The Morgan fingerprint density at radius 3 is 1.71 bits per heavy atom. The first-order valence-corrected chi connectivity index (χ1v) is 8.83. The molecule has 2 aromatic heterocycles. The van der Waals surface area contributed by atoms with Crippen molar-refractivity contribution in [2.24, 2.45) is 0 Å². The van der Waals surface area contributed by atoms with Crippen molar-refractivity contribution in [2.75, 3.05) is 0 Å². The molecule has 1 saturated carbocycles. The van der Waals surface area contributed by atoms with E-state index in [2.05, 4.69) is 75.6 Å². The fourth-order valence-electron chi connectivity index (χ4n) is 2.23. The van der Waals surface area contributed by atoms with Crippen LogP contribution in [0.4, 0.5) is 0 Å². The molecule has 130 valence electrons. The van der Waals surface area contributed by atoms with E-state index in [0.29, 0.717) is 5.92 Å². The highest BCUT2D eigenvalue weighted by Crippen LogP contribution is 2.38. The molecule has 0 bridgehead atoms. The summed E-state index contributed by atoms with van der Waals surface area (Å²) in [6.07, 6.45) is 8.37. The molecule has 1 aliphatic rings. The zero-order chi connectivity index (χ0) is 18.0. The number of rotatable bonds is 1. The van der Waals surface area contributed by atoms with Crippen molar-refractivity contribution in [1.29, 1.82) is 0 Å². The first-order chi connectivity index (χ1) is 11.1. The van der Waals surface area contributed by atoms with E-state index in [1.54, 1.807) is 0 Å². The average Bonchev–Trinajstić information content (AvgIpc) is 3.31. The predicted molar refractivity (Wildman–Crippen MR) is 100 cm³/mol. The highest BCUT2D eigenvalue weighted by atomic mass is 14.8. The molecule has 24 heavy (non-hydrogen) atoms. The second-order valence-electron chi connectivity index (χ2n) is 8.82. The van der Waals surface area contributed by atoms with Crippen molar-refractivity contribution in [3.63, 3.8) is 0 Å². The van der Waals surface area contributed by atoms with E-state index >= 15 is 0 Å². The summed E-state index contributed by atoms with van der Waals surface area (Å²) in [6.45, 7) is 15.1. The van der Waals surface area contributed by atoms with E-state index in [4.69, 9.17) is 0 Å². The number of hydrogen-bond donors (Lipinski definition) is 0. The van der Waals surface area contributed by atoms with Crippen LogP contribution in [0.25, 0.3) is 0 Å².